The largest absolute Gasteiger partial charge is 0.363 e. The molecule has 0 bridgehead atoms. The van der Waals surface area contributed by atoms with Crippen molar-refractivity contribution >= 4 is 47.1 Å². The lowest BCUT2D eigenvalue weighted by molar-refractivity contribution is 0.562. The molecule has 2 rings (SSSR count). The minimum Gasteiger partial charge on any atom is -0.363 e. The molecule has 1 unspecified atom stereocenters. The van der Waals surface area contributed by atoms with Crippen LogP contribution in [-0.2, 0) is 13.0 Å². The van der Waals surface area contributed by atoms with Crippen LogP contribution in [0.15, 0.2) is 40.7 Å². The molecule has 2 heterocycles. The van der Waals surface area contributed by atoms with Crippen LogP contribution in [0.5, 0.6) is 0 Å². The van der Waals surface area contributed by atoms with Crippen LogP contribution in [0.4, 0.5) is 5.82 Å². The van der Waals surface area contributed by atoms with Crippen molar-refractivity contribution in [3.05, 3.63) is 46.3 Å². The van der Waals surface area contributed by atoms with Gasteiger partial charge in [-0.05, 0) is 42.8 Å². The normalized spacial score (nSPS) is 12.2. The second kappa shape index (κ2) is 12.1. The van der Waals surface area contributed by atoms with Gasteiger partial charge in [0.2, 0.25) is 0 Å². The van der Waals surface area contributed by atoms with Crippen molar-refractivity contribution in [1.82, 2.24) is 15.6 Å². The Labute approximate surface area is 178 Å². The number of nitrogens with zero attached hydrogens (tertiary/aromatic N) is 3. The third kappa shape index (κ3) is 7.90. The van der Waals surface area contributed by atoms with Gasteiger partial charge >= 0.3 is 0 Å². The molecule has 0 aliphatic rings. The van der Waals surface area contributed by atoms with E-state index in [0.29, 0.717) is 12.5 Å². The molecule has 2 aromatic heterocycles. The van der Waals surface area contributed by atoms with Crippen molar-refractivity contribution in [3.63, 3.8) is 0 Å². The molecule has 5 nitrogen and oxygen atoms in total. The van der Waals surface area contributed by atoms with Crippen LogP contribution >= 0.6 is 35.3 Å². The van der Waals surface area contributed by atoms with E-state index in [9.17, 15) is 0 Å². The van der Waals surface area contributed by atoms with Crippen LogP contribution in [0.2, 0.25) is 0 Å². The number of aliphatic imine (C=N–C) groups is 1. The number of hydrogen-bond acceptors (Lipinski definition) is 4. The van der Waals surface area contributed by atoms with Gasteiger partial charge in [0.05, 0.1) is 12.2 Å². The van der Waals surface area contributed by atoms with Crippen molar-refractivity contribution in [1.29, 1.82) is 0 Å². The average Bonchev–Trinajstić information content (AvgIpc) is 3.10. The predicted octanol–water partition coefficient (Wildman–Crippen LogP) is 3.76. The van der Waals surface area contributed by atoms with Crippen LogP contribution in [0.3, 0.4) is 0 Å². The van der Waals surface area contributed by atoms with Crippen molar-refractivity contribution in [2.24, 2.45) is 10.9 Å². The molecule has 26 heavy (non-hydrogen) atoms. The third-order valence-corrected chi connectivity index (χ3v) is 4.64. The first-order chi connectivity index (χ1) is 12.1. The zero-order chi connectivity index (χ0) is 18.1. The maximum Gasteiger partial charge on any atom is 0.191 e. The predicted molar refractivity (Wildman–Crippen MR) is 124 cm³/mol. The summed E-state index contributed by atoms with van der Waals surface area (Å²) in [5.41, 5.74) is 0.968. The number of aromatic nitrogens is 1. The highest BCUT2D eigenvalue weighted by molar-refractivity contribution is 14.0. The van der Waals surface area contributed by atoms with Gasteiger partial charge in [-0.25, -0.2) is 9.98 Å². The van der Waals surface area contributed by atoms with Crippen molar-refractivity contribution in [2.75, 3.05) is 32.1 Å². The molecule has 2 aromatic rings. The van der Waals surface area contributed by atoms with E-state index in [0.717, 1.165) is 37.0 Å². The molecule has 0 fully saturated rings. The second-order valence-corrected chi connectivity index (χ2v) is 7.38. The summed E-state index contributed by atoms with van der Waals surface area (Å²) in [6, 6.07) is 10.4. The van der Waals surface area contributed by atoms with E-state index in [1.54, 1.807) is 0 Å². The third-order valence-electron chi connectivity index (χ3n) is 3.74. The highest BCUT2D eigenvalue weighted by atomic mass is 127. The molecule has 0 aromatic carbocycles. The lowest BCUT2D eigenvalue weighted by Gasteiger charge is -2.15. The molecular weight excluding hydrogens is 457 g/mol. The Balaban J connectivity index is 0.00000338. The summed E-state index contributed by atoms with van der Waals surface area (Å²) in [7, 11) is 3.99. The van der Waals surface area contributed by atoms with Crippen molar-refractivity contribution in [2.45, 2.75) is 26.8 Å². The fourth-order valence-electron chi connectivity index (χ4n) is 2.42. The minimum atomic E-state index is 0. The average molecular weight is 487 g/mol. The SMILES string of the molecule is CCNC(=NCc1cccc(N(C)C)n1)NCC(C)Cc1cccs1.I. The number of pyridine rings is 1. The highest BCUT2D eigenvalue weighted by Crippen LogP contribution is 2.13. The van der Waals surface area contributed by atoms with Gasteiger partial charge in [0.1, 0.15) is 5.82 Å². The Bertz CT molecular complexity index is 658. The fourth-order valence-corrected chi connectivity index (χ4v) is 3.29. The van der Waals surface area contributed by atoms with Gasteiger partial charge in [-0.15, -0.1) is 35.3 Å². The first kappa shape index (κ1) is 22.7. The summed E-state index contributed by atoms with van der Waals surface area (Å²) < 4.78 is 0. The zero-order valence-corrected chi connectivity index (χ0v) is 19.2. The smallest absolute Gasteiger partial charge is 0.191 e. The summed E-state index contributed by atoms with van der Waals surface area (Å²) in [6.07, 6.45) is 1.09. The minimum absolute atomic E-state index is 0. The summed E-state index contributed by atoms with van der Waals surface area (Å²) in [5.74, 6) is 2.35. The lowest BCUT2D eigenvalue weighted by atomic mass is 10.1. The number of nitrogens with one attached hydrogen (secondary N) is 2. The lowest BCUT2D eigenvalue weighted by Crippen LogP contribution is -2.39. The molecule has 7 heteroatoms. The molecule has 2 N–H and O–H groups in total. The number of anilines is 1. The van der Waals surface area contributed by atoms with Gasteiger partial charge in [-0.1, -0.05) is 19.1 Å². The summed E-state index contributed by atoms with van der Waals surface area (Å²) in [5, 5.41) is 8.89. The summed E-state index contributed by atoms with van der Waals surface area (Å²) in [6.45, 7) is 6.65. The van der Waals surface area contributed by atoms with E-state index >= 15 is 0 Å². The molecule has 1 atom stereocenters. The van der Waals surface area contributed by atoms with Crippen LogP contribution in [-0.4, -0.2) is 38.1 Å². The van der Waals surface area contributed by atoms with Crippen molar-refractivity contribution in [3.8, 4) is 0 Å². The van der Waals surface area contributed by atoms with Gasteiger partial charge in [0.15, 0.2) is 5.96 Å². The van der Waals surface area contributed by atoms with Crippen LogP contribution in [0.25, 0.3) is 0 Å². The molecule has 0 amide bonds. The van der Waals surface area contributed by atoms with Gasteiger partial charge < -0.3 is 15.5 Å². The van der Waals surface area contributed by atoms with E-state index in [-0.39, 0.29) is 24.0 Å². The van der Waals surface area contributed by atoms with E-state index in [4.69, 9.17) is 0 Å². The van der Waals surface area contributed by atoms with Crippen LogP contribution in [0.1, 0.15) is 24.4 Å². The molecule has 0 aliphatic carbocycles. The standard InChI is InChI=1S/C19H29N5S.HI/c1-5-20-19(21-13-15(2)12-17-9-7-11-25-17)22-14-16-8-6-10-18(23-16)24(3)4;/h6-11,15H,5,12-14H2,1-4H3,(H2,20,21,22);1H. The van der Waals surface area contributed by atoms with Crippen LogP contribution in [0, 0.1) is 5.92 Å². The molecule has 0 radical (unpaired) electrons. The maximum absolute atomic E-state index is 4.67. The van der Waals surface area contributed by atoms with Gasteiger partial charge in [0, 0.05) is 32.1 Å². The van der Waals surface area contributed by atoms with Crippen LogP contribution < -0.4 is 15.5 Å². The maximum atomic E-state index is 4.67. The van der Waals surface area contributed by atoms with E-state index in [1.807, 2.05) is 48.5 Å². The number of rotatable bonds is 8. The van der Waals surface area contributed by atoms with Gasteiger partial charge in [-0.3, -0.25) is 0 Å². The molecular formula is C19H30IN5S. The Kier molecular flexibility index (Phi) is 10.6. The number of hydrogen-bond donors (Lipinski definition) is 2. The summed E-state index contributed by atoms with van der Waals surface area (Å²) >= 11 is 1.82. The van der Waals surface area contributed by atoms with E-state index in [1.165, 1.54) is 4.88 Å². The second-order valence-electron chi connectivity index (χ2n) is 6.35. The first-order valence-electron chi connectivity index (χ1n) is 8.76. The zero-order valence-electron chi connectivity index (χ0n) is 16.0. The molecule has 0 saturated carbocycles. The number of thiophene rings is 1. The molecule has 0 aliphatic heterocycles. The fraction of sp³-hybridized carbons (Fsp3) is 0.474. The Morgan fingerprint density at radius 3 is 2.69 bits per heavy atom. The summed E-state index contributed by atoms with van der Waals surface area (Å²) in [4.78, 5) is 12.7. The number of guanidine groups is 1. The monoisotopic (exact) mass is 487 g/mol. The van der Waals surface area contributed by atoms with E-state index in [2.05, 4.69) is 52.0 Å². The molecule has 0 spiro atoms. The Morgan fingerprint density at radius 2 is 2.04 bits per heavy atom. The molecule has 144 valence electrons. The van der Waals surface area contributed by atoms with E-state index < -0.39 is 0 Å². The highest BCUT2D eigenvalue weighted by Gasteiger charge is 2.06. The van der Waals surface area contributed by atoms with Gasteiger partial charge in [-0.2, -0.15) is 0 Å². The van der Waals surface area contributed by atoms with Crippen molar-refractivity contribution < 1.29 is 0 Å². The first-order valence-corrected chi connectivity index (χ1v) is 9.64. The number of halogens is 1. The topological polar surface area (TPSA) is 52.6 Å². The van der Waals surface area contributed by atoms with Gasteiger partial charge in [0.25, 0.3) is 0 Å². The molecule has 0 saturated heterocycles. The quantitative estimate of drug-likeness (QED) is 0.338. The Morgan fingerprint density at radius 1 is 1.23 bits per heavy atom. The Hall–Kier alpha value is -1.35.